The van der Waals surface area contributed by atoms with Gasteiger partial charge in [0.05, 0.1) is 0 Å². The molecule has 0 N–H and O–H groups in total. The third kappa shape index (κ3) is 5.02. The van der Waals surface area contributed by atoms with Gasteiger partial charge in [-0.2, -0.15) is 23.5 Å². The Morgan fingerprint density at radius 2 is 2.31 bits per heavy atom. The van der Waals surface area contributed by atoms with Crippen molar-refractivity contribution < 1.29 is 0 Å². The molecule has 1 fully saturated rings. The zero-order valence-corrected chi connectivity index (χ0v) is 10.5. The van der Waals surface area contributed by atoms with Gasteiger partial charge in [-0.15, -0.1) is 6.58 Å². The normalized spacial score (nSPS) is 24.1. The van der Waals surface area contributed by atoms with Gasteiger partial charge >= 0.3 is 0 Å². The van der Waals surface area contributed by atoms with Gasteiger partial charge in [-0.3, -0.25) is 0 Å². The Morgan fingerprint density at radius 1 is 1.69 bits per heavy atom. The molecule has 2 unspecified atom stereocenters. The van der Waals surface area contributed by atoms with Crippen LogP contribution >= 0.6 is 23.5 Å². The van der Waals surface area contributed by atoms with Crippen molar-refractivity contribution in [2.45, 2.75) is 48.9 Å². The fraction of sp³-hybridized carbons (Fsp3) is 0.818. The summed E-state index contributed by atoms with van der Waals surface area (Å²) in [6, 6.07) is 0. The third-order valence-corrected chi connectivity index (χ3v) is 4.55. The van der Waals surface area contributed by atoms with Crippen LogP contribution in [0.15, 0.2) is 12.7 Å². The van der Waals surface area contributed by atoms with Crippen LogP contribution in [0.3, 0.4) is 0 Å². The lowest BCUT2D eigenvalue weighted by Crippen LogP contribution is -2.18. The van der Waals surface area contributed by atoms with Crippen molar-refractivity contribution in [3.05, 3.63) is 12.7 Å². The maximum Gasteiger partial charge on any atom is 0.0149 e. The Bertz CT molecular complexity index is 171. The van der Waals surface area contributed by atoms with Crippen molar-refractivity contribution in [1.29, 1.82) is 0 Å². The van der Waals surface area contributed by atoms with Crippen molar-refractivity contribution in [3.8, 4) is 0 Å². The average Bonchev–Trinajstić information content (AvgIpc) is 2.68. The summed E-state index contributed by atoms with van der Waals surface area (Å²) >= 11 is 4.21. The molecule has 0 aromatic heterocycles. The Kier molecular flexibility index (Phi) is 4.24. The fourth-order valence-corrected chi connectivity index (χ4v) is 4.01. The van der Waals surface area contributed by atoms with Gasteiger partial charge in [0.25, 0.3) is 0 Å². The molecule has 1 aliphatic rings. The maximum absolute atomic E-state index is 3.81. The number of thioether (sulfide) groups is 2. The second-order valence-corrected chi connectivity index (χ2v) is 7.85. The average molecular weight is 216 g/mol. The van der Waals surface area contributed by atoms with Crippen LogP contribution in [0.25, 0.3) is 0 Å². The molecular weight excluding hydrogens is 196 g/mol. The van der Waals surface area contributed by atoms with E-state index in [2.05, 4.69) is 50.9 Å². The van der Waals surface area contributed by atoms with Gasteiger partial charge in [-0.1, -0.05) is 26.8 Å². The summed E-state index contributed by atoms with van der Waals surface area (Å²) in [4.78, 5) is 0. The van der Waals surface area contributed by atoms with Crippen molar-refractivity contribution in [3.63, 3.8) is 0 Å². The van der Waals surface area contributed by atoms with Crippen LogP contribution in [0.2, 0.25) is 0 Å². The summed E-state index contributed by atoms with van der Waals surface area (Å²) in [5.74, 6) is 1.40. The number of allylic oxidation sites excluding steroid dienone is 1. The predicted octanol–water partition coefficient (Wildman–Crippen LogP) is 3.97. The zero-order chi connectivity index (χ0) is 9.90. The van der Waals surface area contributed by atoms with Crippen LogP contribution in [0.1, 0.15) is 33.6 Å². The molecule has 1 saturated heterocycles. The van der Waals surface area contributed by atoms with Gasteiger partial charge in [0, 0.05) is 21.0 Å². The minimum atomic E-state index is 0.376. The summed E-state index contributed by atoms with van der Waals surface area (Å²) in [6.45, 7) is 10.8. The largest absolute Gasteiger partial charge is 0.157 e. The van der Waals surface area contributed by atoms with Crippen LogP contribution in [-0.4, -0.2) is 21.0 Å². The van der Waals surface area contributed by atoms with E-state index in [1.54, 1.807) is 0 Å². The quantitative estimate of drug-likeness (QED) is 0.487. The van der Waals surface area contributed by atoms with Gasteiger partial charge in [-0.05, 0) is 12.8 Å². The molecular formula is C11H20S2. The first-order chi connectivity index (χ1) is 6.03. The predicted molar refractivity (Wildman–Crippen MR) is 66.8 cm³/mol. The first-order valence-corrected chi connectivity index (χ1v) is 6.86. The monoisotopic (exact) mass is 216 g/mol. The minimum absolute atomic E-state index is 0.376. The van der Waals surface area contributed by atoms with Crippen LogP contribution in [0.5, 0.6) is 0 Å². The minimum Gasteiger partial charge on any atom is -0.157 e. The molecule has 0 aliphatic carbocycles. The SMILES string of the molecule is C=CCC(C)(C)SC(C)CC1CS1. The Hall–Kier alpha value is 0.440. The van der Waals surface area contributed by atoms with E-state index >= 15 is 0 Å². The molecule has 0 radical (unpaired) electrons. The first-order valence-electron chi connectivity index (χ1n) is 4.94. The van der Waals surface area contributed by atoms with Crippen LogP contribution in [0.4, 0.5) is 0 Å². The number of rotatable bonds is 6. The molecule has 1 rings (SSSR count). The van der Waals surface area contributed by atoms with Gasteiger partial charge in [-0.25, -0.2) is 0 Å². The van der Waals surface area contributed by atoms with Gasteiger partial charge in [0.15, 0.2) is 0 Å². The summed E-state index contributed by atoms with van der Waals surface area (Å²) in [7, 11) is 0. The number of hydrogen-bond donors (Lipinski definition) is 0. The molecule has 2 heteroatoms. The second-order valence-electron chi connectivity index (χ2n) is 4.37. The molecule has 0 aromatic rings. The van der Waals surface area contributed by atoms with E-state index in [9.17, 15) is 0 Å². The highest BCUT2D eigenvalue weighted by molar-refractivity contribution is 8.07. The third-order valence-electron chi connectivity index (χ3n) is 2.15. The van der Waals surface area contributed by atoms with Crippen molar-refractivity contribution >= 4 is 23.5 Å². The zero-order valence-electron chi connectivity index (χ0n) is 8.88. The van der Waals surface area contributed by atoms with Crippen LogP contribution in [0, 0.1) is 0 Å². The van der Waals surface area contributed by atoms with Gasteiger partial charge in [0.2, 0.25) is 0 Å². The standard InChI is InChI=1S/C11H20S2/c1-5-6-11(3,4)13-9(2)7-10-8-12-10/h5,9-10H,1,6-8H2,2-4H3. The van der Waals surface area contributed by atoms with E-state index in [0.29, 0.717) is 4.75 Å². The lowest BCUT2D eigenvalue weighted by Gasteiger charge is -2.26. The van der Waals surface area contributed by atoms with E-state index in [4.69, 9.17) is 0 Å². The molecule has 13 heavy (non-hydrogen) atoms. The first kappa shape index (κ1) is 11.5. The second kappa shape index (κ2) is 4.79. The molecule has 0 spiro atoms. The highest BCUT2D eigenvalue weighted by Gasteiger charge is 2.27. The highest BCUT2D eigenvalue weighted by atomic mass is 32.2. The van der Waals surface area contributed by atoms with Crippen LogP contribution < -0.4 is 0 Å². The van der Waals surface area contributed by atoms with Gasteiger partial charge in [0.1, 0.15) is 0 Å². The molecule has 0 nitrogen and oxygen atoms in total. The molecule has 0 amide bonds. The summed E-state index contributed by atoms with van der Waals surface area (Å²) < 4.78 is 0.376. The topological polar surface area (TPSA) is 0 Å². The Morgan fingerprint density at radius 3 is 2.77 bits per heavy atom. The molecule has 0 saturated carbocycles. The van der Waals surface area contributed by atoms with Crippen LogP contribution in [-0.2, 0) is 0 Å². The summed E-state index contributed by atoms with van der Waals surface area (Å²) in [6.07, 6.45) is 4.53. The van der Waals surface area contributed by atoms with E-state index in [0.717, 1.165) is 16.9 Å². The highest BCUT2D eigenvalue weighted by Crippen LogP contribution is 2.40. The Labute approximate surface area is 90.9 Å². The molecule has 1 aliphatic heterocycles. The molecule has 0 aromatic carbocycles. The van der Waals surface area contributed by atoms with E-state index < -0.39 is 0 Å². The van der Waals surface area contributed by atoms with E-state index in [-0.39, 0.29) is 0 Å². The molecule has 0 bridgehead atoms. The van der Waals surface area contributed by atoms with Crippen molar-refractivity contribution in [2.24, 2.45) is 0 Å². The summed E-state index contributed by atoms with van der Waals surface area (Å²) in [5.41, 5.74) is 0. The summed E-state index contributed by atoms with van der Waals surface area (Å²) in [5, 5.41) is 1.77. The maximum atomic E-state index is 3.81. The lowest BCUT2D eigenvalue weighted by molar-refractivity contribution is 0.712. The van der Waals surface area contributed by atoms with E-state index in [1.165, 1.54) is 12.2 Å². The Balaban J connectivity index is 2.23. The number of hydrogen-bond acceptors (Lipinski definition) is 2. The lowest BCUT2D eigenvalue weighted by atomic mass is 10.1. The van der Waals surface area contributed by atoms with E-state index in [1.807, 2.05) is 6.08 Å². The van der Waals surface area contributed by atoms with Crippen molar-refractivity contribution in [1.82, 2.24) is 0 Å². The fourth-order valence-electron chi connectivity index (χ4n) is 1.56. The molecule has 2 atom stereocenters. The molecule has 1 heterocycles. The molecule has 76 valence electrons. The smallest absolute Gasteiger partial charge is 0.0149 e. The van der Waals surface area contributed by atoms with Crippen molar-refractivity contribution in [2.75, 3.05) is 5.75 Å². The van der Waals surface area contributed by atoms with Gasteiger partial charge < -0.3 is 0 Å².